The number of aryl methyl sites for hydroxylation is 1. The summed E-state index contributed by atoms with van der Waals surface area (Å²) < 4.78 is 26.2. The van der Waals surface area contributed by atoms with Crippen molar-refractivity contribution in [1.82, 2.24) is 0 Å². The van der Waals surface area contributed by atoms with E-state index in [1.54, 1.807) is 43.3 Å². The van der Waals surface area contributed by atoms with Crippen LogP contribution in [-0.4, -0.2) is 20.6 Å². The van der Waals surface area contributed by atoms with Crippen molar-refractivity contribution in [2.24, 2.45) is 0 Å². The lowest BCUT2D eigenvalue weighted by molar-refractivity contribution is 0.475. The van der Waals surface area contributed by atoms with Crippen molar-refractivity contribution in [3.63, 3.8) is 0 Å². The number of phenolic OH excluding ortho intramolecular Hbond substituents is 1. The lowest BCUT2D eigenvalue weighted by atomic mass is 10.2. The van der Waals surface area contributed by atoms with E-state index in [1.807, 2.05) is 0 Å². The van der Waals surface area contributed by atoms with Crippen LogP contribution in [0.1, 0.15) is 5.56 Å². The number of sulfonamides is 1. The molecule has 0 aliphatic heterocycles. The minimum Gasteiger partial charge on any atom is -0.508 e. The van der Waals surface area contributed by atoms with E-state index in [-0.39, 0.29) is 10.6 Å². The highest BCUT2D eigenvalue weighted by Crippen LogP contribution is 2.26. The first-order valence-corrected chi connectivity index (χ1v) is 7.20. The molecule has 100 valence electrons. The molecule has 0 aromatic heterocycles. The number of anilines is 1. The molecule has 0 aliphatic rings. The van der Waals surface area contributed by atoms with Crippen LogP contribution in [0.4, 0.5) is 5.69 Å². The van der Waals surface area contributed by atoms with Crippen molar-refractivity contribution in [1.29, 1.82) is 0 Å². The fourth-order valence-electron chi connectivity index (χ4n) is 1.82. The molecule has 4 nitrogen and oxygen atoms in total. The molecule has 0 saturated heterocycles. The molecule has 1 N–H and O–H groups in total. The van der Waals surface area contributed by atoms with Crippen LogP contribution in [0.15, 0.2) is 53.4 Å². The summed E-state index contributed by atoms with van der Waals surface area (Å²) in [5.41, 5.74) is 1.11. The Bertz CT molecular complexity index is 695. The van der Waals surface area contributed by atoms with E-state index in [9.17, 15) is 13.5 Å². The van der Waals surface area contributed by atoms with Gasteiger partial charge in [-0.2, -0.15) is 0 Å². The van der Waals surface area contributed by atoms with Gasteiger partial charge in [0.15, 0.2) is 0 Å². The fourth-order valence-corrected chi connectivity index (χ4v) is 3.23. The van der Waals surface area contributed by atoms with Crippen LogP contribution in [0.2, 0.25) is 0 Å². The number of aromatic hydroxyl groups is 1. The van der Waals surface area contributed by atoms with Crippen molar-refractivity contribution in [3.05, 3.63) is 54.1 Å². The number of hydrogen-bond donors (Lipinski definition) is 1. The summed E-state index contributed by atoms with van der Waals surface area (Å²) in [5, 5.41) is 9.43. The Hall–Kier alpha value is -2.01. The van der Waals surface area contributed by atoms with Crippen molar-refractivity contribution in [3.8, 4) is 5.75 Å². The van der Waals surface area contributed by atoms with Gasteiger partial charge in [-0.05, 0) is 30.7 Å². The third-order valence-corrected chi connectivity index (χ3v) is 4.87. The van der Waals surface area contributed by atoms with Gasteiger partial charge in [0, 0.05) is 13.1 Å². The van der Waals surface area contributed by atoms with E-state index in [0.717, 1.165) is 4.31 Å². The molecule has 0 radical (unpaired) electrons. The van der Waals surface area contributed by atoms with Crippen LogP contribution in [0.5, 0.6) is 5.75 Å². The largest absolute Gasteiger partial charge is 0.508 e. The minimum absolute atomic E-state index is 0.0318. The first-order valence-electron chi connectivity index (χ1n) is 5.76. The van der Waals surface area contributed by atoms with Gasteiger partial charge in [-0.25, -0.2) is 8.42 Å². The van der Waals surface area contributed by atoms with Crippen molar-refractivity contribution >= 4 is 15.7 Å². The maximum atomic E-state index is 12.5. The summed E-state index contributed by atoms with van der Waals surface area (Å²) in [6.45, 7) is 1.75. The smallest absolute Gasteiger partial charge is 0.264 e. The quantitative estimate of drug-likeness (QED) is 0.938. The van der Waals surface area contributed by atoms with Gasteiger partial charge < -0.3 is 5.11 Å². The fraction of sp³-hybridized carbons (Fsp3) is 0.143. The number of hydrogen-bond acceptors (Lipinski definition) is 3. The lowest BCUT2D eigenvalue weighted by Crippen LogP contribution is -2.27. The van der Waals surface area contributed by atoms with E-state index in [4.69, 9.17) is 0 Å². The molecule has 0 bridgehead atoms. The average molecular weight is 277 g/mol. The normalized spacial score (nSPS) is 11.3. The summed E-state index contributed by atoms with van der Waals surface area (Å²) in [6.07, 6.45) is 0. The lowest BCUT2D eigenvalue weighted by Gasteiger charge is -2.20. The first kappa shape index (κ1) is 13.4. The summed E-state index contributed by atoms with van der Waals surface area (Å²) in [5.74, 6) is 0.0318. The molecule has 2 rings (SSSR count). The Balaban J connectivity index is 2.49. The molecule has 0 atom stereocenters. The SMILES string of the molecule is Cc1ccccc1S(=O)(=O)N(C)c1cccc(O)c1. The summed E-state index contributed by atoms with van der Waals surface area (Å²) in [7, 11) is -2.15. The third kappa shape index (κ3) is 2.56. The zero-order valence-corrected chi connectivity index (χ0v) is 11.6. The minimum atomic E-state index is -3.62. The van der Waals surface area contributed by atoms with Crippen LogP contribution in [0.3, 0.4) is 0 Å². The maximum absolute atomic E-state index is 12.5. The first-order chi connectivity index (χ1) is 8.93. The topological polar surface area (TPSA) is 57.6 Å². The van der Waals surface area contributed by atoms with Crippen LogP contribution in [0.25, 0.3) is 0 Å². The molecular weight excluding hydrogens is 262 g/mol. The Morgan fingerprint density at radius 3 is 2.37 bits per heavy atom. The molecular formula is C14H15NO3S. The van der Waals surface area contributed by atoms with Gasteiger partial charge in [0.25, 0.3) is 10.0 Å². The van der Waals surface area contributed by atoms with Crippen LogP contribution in [-0.2, 0) is 10.0 Å². The zero-order chi connectivity index (χ0) is 14.0. The molecule has 0 fully saturated rings. The average Bonchev–Trinajstić information content (AvgIpc) is 2.38. The molecule has 5 heteroatoms. The van der Waals surface area contributed by atoms with Crippen LogP contribution < -0.4 is 4.31 Å². The van der Waals surface area contributed by atoms with Crippen LogP contribution >= 0.6 is 0 Å². The van der Waals surface area contributed by atoms with Gasteiger partial charge in [-0.3, -0.25) is 4.31 Å². The molecule has 0 amide bonds. The maximum Gasteiger partial charge on any atom is 0.264 e. The predicted molar refractivity (Wildman–Crippen MR) is 74.9 cm³/mol. The van der Waals surface area contributed by atoms with E-state index in [1.165, 1.54) is 19.2 Å². The molecule has 0 heterocycles. The van der Waals surface area contributed by atoms with Gasteiger partial charge >= 0.3 is 0 Å². The van der Waals surface area contributed by atoms with Gasteiger partial charge in [-0.15, -0.1) is 0 Å². The Kier molecular flexibility index (Phi) is 3.48. The third-order valence-electron chi connectivity index (χ3n) is 2.93. The molecule has 19 heavy (non-hydrogen) atoms. The molecule has 2 aromatic carbocycles. The van der Waals surface area contributed by atoms with E-state index < -0.39 is 10.0 Å². The Morgan fingerprint density at radius 1 is 1.05 bits per heavy atom. The Morgan fingerprint density at radius 2 is 1.74 bits per heavy atom. The summed E-state index contributed by atoms with van der Waals surface area (Å²) >= 11 is 0. The van der Waals surface area contributed by atoms with Crippen molar-refractivity contribution < 1.29 is 13.5 Å². The number of benzene rings is 2. The molecule has 0 unspecified atom stereocenters. The second-order valence-corrected chi connectivity index (χ2v) is 6.20. The van der Waals surface area contributed by atoms with E-state index in [0.29, 0.717) is 11.3 Å². The zero-order valence-electron chi connectivity index (χ0n) is 10.7. The number of phenols is 1. The molecule has 0 aliphatic carbocycles. The van der Waals surface area contributed by atoms with E-state index >= 15 is 0 Å². The van der Waals surface area contributed by atoms with Gasteiger partial charge in [0.05, 0.1) is 10.6 Å². The molecule has 0 saturated carbocycles. The predicted octanol–water partition coefficient (Wildman–Crippen LogP) is 2.53. The highest BCUT2D eigenvalue weighted by Gasteiger charge is 2.22. The molecule has 2 aromatic rings. The highest BCUT2D eigenvalue weighted by molar-refractivity contribution is 7.92. The second-order valence-electron chi connectivity index (χ2n) is 4.26. The standard InChI is InChI=1S/C14H15NO3S/c1-11-6-3-4-9-14(11)19(17,18)15(2)12-7-5-8-13(16)10-12/h3-10,16H,1-2H3. The number of rotatable bonds is 3. The summed E-state index contributed by atoms with van der Waals surface area (Å²) in [4.78, 5) is 0.265. The number of nitrogens with zero attached hydrogens (tertiary/aromatic N) is 1. The summed E-state index contributed by atoms with van der Waals surface area (Å²) in [6, 6.07) is 13.0. The van der Waals surface area contributed by atoms with Crippen molar-refractivity contribution in [2.45, 2.75) is 11.8 Å². The van der Waals surface area contributed by atoms with Gasteiger partial charge in [0.2, 0.25) is 0 Å². The highest BCUT2D eigenvalue weighted by atomic mass is 32.2. The van der Waals surface area contributed by atoms with Gasteiger partial charge in [0.1, 0.15) is 5.75 Å². The van der Waals surface area contributed by atoms with Crippen molar-refractivity contribution in [2.75, 3.05) is 11.4 Å². The Labute approximate surface area is 113 Å². The van der Waals surface area contributed by atoms with Gasteiger partial charge in [-0.1, -0.05) is 24.3 Å². The molecule has 0 spiro atoms. The second kappa shape index (κ2) is 4.93. The van der Waals surface area contributed by atoms with E-state index in [2.05, 4.69) is 0 Å². The monoisotopic (exact) mass is 277 g/mol. The van der Waals surface area contributed by atoms with Crippen LogP contribution in [0, 0.1) is 6.92 Å².